The van der Waals surface area contributed by atoms with Crippen molar-refractivity contribution in [3.8, 4) is 34.1 Å². The van der Waals surface area contributed by atoms with Gasteiger partial charge in [0.25, 0.3) is 0 Å². The largest absolute Gasteiger partial charge is 0.519 e. The highest BCUT2D eigenvalue weighted by Gasteiger charge is 2.32. The third-order valence-electron chi connectivity index (χ3n) is 11.8. The lowest BCUT2D eigenvalue weighted by Gasteiger charge is -2.33. The quantitative estimate of drug-likeness (QED) is 0.0495. The average Bonchev–Trinajstić information content (AvgIpc) is 3.33. The van der Waals surface area contributed by atoms with Gasteiger partial charge in [-0.25, -0.2) is 4.79 Å². The molecule has 64 heavy (non-hydrogen) atoms. The minimum Gasteiger partial charge on any atom is -0.497 e. The summed E-state index contributed by atoms with van der Waals surface area (Å²) in [6, 6.07) is 66.9. The predicted octanol–water partition coefficient (Wildman–Crippen LogP) is 14.1. The average molecular weight is 844 g/mol. The van der Waals surface area contributed by atoms with E-state index in [-0.39, 0.29) is 11.9 Å². The molecule has 0 saturated heterocycles. The molecule has 0 N–H and O–H groups in total. The topological polar surface area (TPSA) is 74.3 Å². The predicted molar refractivity (Wildman–Crippen MR) is 255 cm³/mol. The zero-order valence-electron chi connectivity index (χ0n) is 36.5. The highest BCUT2D eigenvalue weighted by molar-refractivity contribution is 5.79. The highest BCUT2D eigenvalue weighted by Crippen LogP contribution is 2.42. The second kappa shape index (κ2) is 19.0. The lowest BCUT2D eigenvalue weighted by Crippen LogP contribution is -2.25. The summed E-state index contributed by atoms with van der Waals surface area (Å²) in [5, 5.41) is 0. The molecule has 7 heteroatoms. The van der Waals surface area contributed by atoms with E-state index in [0.717, 1.165) is 56.2 Å². The second-order valence-electron chi connectivity index (χ2n) is 15.9. The van der Waals surface area contributed by atoms with E-state index in [9.17, 15) is 9.59 Å². The Labute approximate surface area is 375 Å². The molecule has 318 valence electrons. The summed E-state index contributed by atoms with van der Waals surface area (Å²) in [6.07, 6.45) is -0.837. The highest BCUT2D eigenvalue weighted by atomic mass is 16.7. The van der Waals surface area contributed by atoms with Gasteiger partial charge >= 0.3 is 12.1 Å². The number of nitrogens with zero attached hydrogens (tertiary/aromatic N) is 1. The molecule has 0 radical (unpaired) electrons. The molecule has 0 aliphatic rings. The lowest BCUT2D eigenvalue weighted by molar-refractivity contribution is -0.131. The van der Waals surface area contributed by atoms with Crippen molar-refractivity contribution >= 4 is 29.2 Å². The number of ether oxygens (including phenoxy) is 4. The van der Waals surface area contributed by atoms with Crippen LogP contribution < -0.4 is 23.8 Å². The fourth-order valence-electron chi connectivity index (χ4n) is 8.02. The van der Waals surface area contributed by atoms with Crippen molar-refractivity contribution in [1.29, 1.82) is 0 Å². The second-order valence-corrected chi connectivity index (χ2v) is 15.9. The smallest absolute Gasteiger partial charge is 0.497 e. The number of carbonyl (C=O) groups is 2. The van der Waals surface area contributed by atoms with Gasteiger partial charge in [-0.2, -0.15) is 0 Å². The monoisotopic (exact) mass is 843 g/mol. The molecule has 2 unspecified atom stereocenters. The molecule has 0 aliphatic heterocycles. The van der Waals surface area contributed by atoms with Crippen LogP contribution in [0.2, 0.25) is 0 Å². The third-order valence-corrected chi connectivity index (χ3v) is 11.8. The minimum atomic E-state index is -0.837. The molecular formula is C57H49NO6. The van der Waals surface area contributed by atoms with Crippen molar-refractivity contribution in [2.24, 2.45) is 0 Å². The molecule has 0 spiro atoms. The number of benzene rings is 8. The van der Waals surface area contributed by atoms with Crippen molar-refractivity contribution < 1.29 is 28.5 Å². The first-order valence-corrected chi connectivity index (χ1v) is 21.2. The number of carbonyl (C=O) groups excluding carboxylic acids is 2. The minimum absolute atomic E-state index is 0.0595. The SMILES string of the molecule is COc1ccc(C(C)(c2ccc(OC(=O)Oc3ccc(C(C)c4ccc(OC(C)=O)cc4)cc3)cc2)c2ccc(N(c3ccc(C)cc3)c3ccc(-c4ccccc4)cc3)cc2)cc1. The molecule has 0 fully saturated rings. The standard InChI is InChI=1S/C57H49NO6/c1-39-11-25-49(26-12-39)58(50-27-13-45(14-28-50)44-9-7-6-8-10-44)51-29-19-46(20-30-51)57(4,47-21-35-52(61-5)36-22-47)48-23-37-55(38-24-48)64-56(60)63-54-33-17-43(18-34-54)40(2)42-15-31-53(32-16-42)62-41(3)59/h6-38,40H,1-5H3. The van der Waals surface area contributed by atoms with Gasteiger partial charge in [-0.1, -0.05) is 128 Å². The van der Waals surface area contributed by atoms with Crippen LogP contribution in [0.4, 0.5) is 21.9 Å². The molecule has 0 amide bonds. The summed E-state index contributed by atoms with van der Waals surface area (Å²) in [5.41, 5.74) is 11.3. The van der Waals surface area contributed by atoms with Gasteiger partial charge in [0, 0.05) is 35.3 Å². The molecule has 8 aromatic rings. The first-order valence-electron chi connectivity index (χ1n) is 21.2. The summed E-state index contributed by atoms with van der Waals surface area (Å²) in [6.45, 7) is 7.76. The van der Waals surface area contributed by atoms with Gasteiger partial charge < -0.3 is 23.8 Å². The number of methoxy groups -OCH3 is 1. The molecule has 0 aliphatic carbocycles. The maximum absolute atomic E-state index is 13.0. The Hall–Kier alpha value is -7.90. The third kappa shape index (κ3) is 9.59. The van der Waals surface area contributed by atoms with Crippen molar-refractivity contribution in [1.82, 2.24) is 0 Å². The summed E-state index contributed by atoms with van der Waals surface area (Å²) in [7, 11) is 1.66. The van der Waals surface area contributed by atoms with Crippen molar-refractivity contribution in [3.05, 3.63) is 234 Å². The number of aryl methyl sites for hydroxylation is 1. The summed E-state index contributed by atoms with van der Waals surface area (Å²) in [5.74, 6) is 1.69. The lowest BCUT2D eigenvalue weighted by atomic mass is 9.71. The van der Waals surface area contributed by atoms with E-state index in [2.05, 4.69) is 135 Å². The number of hydrogen-bond donors (Lipinski definition) is 0. The summed E-state index contributed by atoms with van der Waals surface area (Å²) in [4.78, 5) is 26.6. The van der Waals surface area contributed by atoms with E-state index >= 15 is 0 Å². The van der Waals surface area contributed by atoms with Crippen LogP contribution >= 0.6 is 0 Å². The van der Waals surface area contributed by atoms with Gasteiger partial charge in [0.1, 0.15) is 23.0 Å². The number of rotatable bonds is 13. The Morgan fingerprint density at radius 3 is 1.30 bits per heavy atom. The van der Waals surface area contributed by atoms with E-state index in [1.165, 1.54) is 18.1 Å². The van der Waals surface area contributed by atoms with Crippen LogP contribution in [-0.4, -0.2) is 19.2 Å². The van der Waals surface area contributed by atoms with Crippen molar-refractivity contribution in [3.63, 3.8) is 0 Å². The van der Waals surface area contributed by atoms with Crippen LogP contribution in [0.25, 0.3) is 11.1 Å². The summed E-state index contributed by atoms with van der Waals surface area (Å²) < 4.78 is 21.9. The molecule has 8 rings (SSSR count). The van der Waals surface area contributed by atoms with Crippen LogP contribution in [-0.2, 0) is 10.2 Å². The normalized spacial score (nSPS) is 12.3. The van der Waals surface area contributed by atoms with E-state index in [4.69, 9.17) is 18.9 Å². The van der Waals surface area contributed by atoms with Gasteiger partial charge in [-0.15, -0.1) is 0 Å². The summed E-state index contributed by atoms with van der Waals surface area (Å²) >= 11 is 0. The fraction of sp³-hybridized carbons (Fsp3) is 0.123. The van der Waals surface area contributed by atoms with Crippen LogP contribution in [0.15, 0.2) is 200 Å². The van der Waals surface area contributed by atoms with Crippen molar-refractivity contribution in [2.45, 2.75) is 39.0 Å². The van der Waals surface area contributed by atoms with E-state index in [0.29, 0.717) is 17.2 Å². The Bertz CT molecular complexity index is 2810. The number of hydrogen-bond acceptors (Lipinski definition) is 7. The molecule has 7 nitrogen and oxygen atoms in total. The van der Waals surface area contributed by atoms with Crippen LogP contribution in [0.3, 0.4) is 0 Å². The fourth-order valence-corrected chi connectivity index (χ4v) is 8.02. The molecule has 8 aromatic carbocycles. The van der Waals surface area contributed by atoms with Gasteiger partial charge in [0.2, 0.25) is 0 Å². The van der Waals surface area contributed by atoms with Gasteiger partial charge in [0.05, 0.1) is 7.11 Å². The van der Waals surface area contributed by atoms with Gasteiger partial charge in [-0.3, -0.25) is 4.79 Å². The van der Waals surface area contributed by atoms with E-state index in [1.54, 1.807) is 43.5 Å². The van der Waals surface area contributed by atoms with Gasteiger partial charge in [0.15, 0.2) is 0 Å². The maximum Gasteiger partial charge on any atom is 0.519 e. The maximum atomic E-state index is 13.0. The Morgan fingerprint density at radius 1 is 0.469 bits per heavy atom. The van der Waals surface area contributed by atoms with Crippen LogP contribution in [0, 0.1) is 6.92 Å². The number of anilines is 3. The molecule has 0 saturated carbocycles. The zero-order valence-corrected chi connectivity index (χ0v) is 36.5. The van der Waals surface area contributed by atoms with Crippen LogP contribution in [0.5, 0.6) is 23.0 Å². The van der Waals surface area contributed by atoms with Gasteiger partial charge in [-0.05, 0) is 138 Å². The van der Waals surface area contributed by atoms with E-state index in [1.807, 2.05) is 54.6 Å². The molecule has 0 bridgehead atoms. The zero-order chi connectivity index (χ0) is 44.6. The molecule has 2 atom stereocenters. The number of esters is 1. The molecular weight excluding hydrogens is 795 g/mol. The van der Waals surface area contributed by atoms with Crippen LogP contribution in [0.1, 0.15) is 60.1 Å². The van der Waals surface area contributed by atoms with Crippen molar-refractivity contribution in [2.75, 3.05) is 12.0 Å². The first-order chi connectivity index (χ1) is 31.1. The Balaban J connectivity index is 1.02. The Morgan fingerprint density at radius 2 is 0.844 bits per heavy atom. The first kappa shape index (κ1) is 42.8. The Kier molecular flexibility index (Phi) is 12.7. The van der Waals surface area contributed by atoms with E-state index < -0.39 is 11.6 Å². The molecule has 0 aromatic heterocycles. The molecule has 0 heterocycles.